The van der Waals surface area contributed by atoms with E-state index in [0.717, 1.165) is 57.5 Å². The van der Waals surface area contributed by atoms with Crippen LogP contribution < -0.4 is 16.0 Å². The SMILES string of the molecule is CC(C)(C)OC(=O)Nc1cc(N2CCC(N3CCC(C#N)CC3)CC2)ccc1N. The maximum Gasteiger partial charge on any atom is 0.412 e. The van der Waals surface area contributed by atoms with E-state index in [9.17, 15) is 4.79 Å². The lowest BCUT2D eigenvalue weighted by atomic mass is 9.94. The second-order valence-corrected chi connectivity index (χ2v) is 9.06. The highest BCUT2D eigenvalue weighted by atomic mass is 16.6. The molecule has 3 rings (SSSR count). The fraction of sp³-hybridized carbons (Fsp3) is 0.636. The summed E-state index contributed by atoms with van der Waals surface area (Å²) < 4.78 is 5.33. The van der Waals surface area contributed by atoms with Gasteiger partial charge in [0.15, 0.2) is 0 Å². The molecule has 0 radical (unpaired) electrons. The summed E-state index contributed by atoms with van der Waals surface area (Å²) in [6, 6.07) is 8.77. The molecule has 3 N–H and O–H groups in total. The van der Waals surface area contributed by atoms with Gasteiger partial charge in [-0.2, -0.15) is 5.26 Å². The van der Waals surface area contributed by atoms with Crippen LogP contribution in [0.3, 0.4) is 0 Å². The summed E-state index contributed by atoms with van der Waals surface area (Å²) in [5, 5.41) is 11.9. The van der Waals surface area contributed by atoms with Crippen LogP contribution in [-0.4, -0.2) is 48.8 Å². The zero-order valence-corrected chi connectivity index (χ0v) is 17.8. The maximum atomic E-state index is 12.1. The molecule has 0 atom stereocenters. The Morgan fingerprint density at radius 1 is 1.17 bits per heavy atom. The summed E-state index contributed by atoms with van der Waals surface area (Å²) >= 11 is 0. The molecule has 1 aromatic rings. The number of nitriles is 1. The molecule has 158 valence electrons. The molecular formula is C22H33N5O2. The van der Waals surface area contributed by atoms with Crippen molar-refractivity contribution in [2.75, 3.05) is 42.1 Å². The number of piperidine rings is 2. The predicted octanol–water partition coefficient (Wildman–Crippen LogP) is 3.82. The third-order valence-electron chi connectivity index (χ3n) is 5.73. The van der Waals surface area contributed by atoms with Gasteiger partial charge in [-0.3, -0.25) is 5.32 Å². The molecule has 2 saturated heterocycles. The average molecular weight is 400 g/mol. The van der Waals surface area contributed by atoms with Crippen molar-refractivity contribution in [2.24, 2.45) is 5.92 Å². The molecular weight excluding hydrogens is 366 g/mol. The Labute approximate surface area is 173 Å². The lowest BCUT2D eigenvalue weighted by molar-refractivity contribution is 0.0636. The molecule has 1 amide bonds. The summed E-state index contributed by atoms with van der Waals surface area (Å²) in [6.07, 6.45) is 3.70. The molecule has 0 unspecified atom stereocenters. The molecule has 2 aliphatic heterocycles. The lowest BCUT2D eigenvalue weighted by Crippen LogP contribution is -2.47. The number of likely N-dealkylation sites (tertiary alicyclic amines) is 1. The predicted molar refractivity (Wildman–Crippen MR) is 116 cm³/mol. The van der Waals surface area contributed by atoms with Gasteiger partial charge >= 0.3 is 6.09 Å². The van der Waals surface area contributed by atoms with E-state index in [-0.39, 0.29) is 5.92 Å². The molecule has 0 saturated carbocycles. The van der Waals surface area contributed by atoms with Gasteiger partial charge in [-0.05, 0) is 77.7 Å². The highest BCUT2D eigenvalue weighted by Gasteiger charge is 2.28. The van der Waals surface area contributed by atoms with Gasteiger partial charge in [-0.25, -0.2) is 4.79 Å². The van der Waals surface area contributed by atoms with Gasteiger partial charge in [0.1, 0.15) is 5.60 Å². The van der Waals surface area contributed by atoms with Crippen LogP contribution >= 0.6 is 0 Å². The number of ether oxygens (including phenoxy) is 1. The van der Waals surface area contributed by atoms with Crippen LogP contribution in [0.15, 0.2) is 18.2 Å². The standard InChI is InChI=1S/C22H33N5O2/c1-22(2,3)29-21(28)25-20-14-18(4-5-19(20)24)27-12-8-17(9-13-27)26-10-6-16(15-23)7-11-26/h4-5,14,16-17H,6-13,24H2,1-3H3,(H,25,28). The molecule has 0 aromatic heterocycles. The summed E-state index contributed by atoms with van der Waals surface area (Å²) in [4.78, 5) is 17.0. The number of carbonyl (C=O) groups is 1. The fourth-order valence-electron chi connectivity index (χ4n) is 4.15. The number of rotatable bonds is 3. The van der Waals surface area contributed by atoms with E-state index in [2.05, 4.69) is 21.2 Å². The second-order valence-electron chi connectivity index (χ2n) is 9.06. The molecule has 0 bridgehead atoms. The second kappa shape index (κ2) is 8.91. The first-order valence-corrected chi connectivity index (χ1v) is 10.5. The molecule has 0 aliphatic carbocycles. The van der Waals surface area contributed by atoms with Gasteiger partial charge in [-0.15, -0.1) is 0 Å². The maximum absolute atomic E-state index is 12.1. The largest absolute Gasteiger partial charge is 0.444 e. The van der Waals surface area contributed by atoms with Crippen molar-refractivity contribution in [2.45, 2.75) is 58.1 Å². The first-order chi connectivity index (χ1) is 13.7. The zero-order valence-electron chi connectivity index (χ0n) is 17.8. The van der Waals surface area contributed by atoms with Crippen molar-refractivity contribution < 1.29 is 9.53 Å². The van der Waals surface area contributed by atoms with Crippen LogP contribution in [0.25, 0.3) is 0 Å². The lowest BCUT2D eigenvalue weighted by Gasteiger charge is -2.41. The highest BCUT2D eigenvalue weighted by molar-refractivity contribution is 5.90. The molecule has 2 fully saturated rings. The van der Waals surface area contributed by atoms with E-state index < -0.39 is 11.7 Å². The number of carbonyl (C=O) groups excluding carboxylic acids is 1. The summed E-state index contributed by atoms with van der Waals surface area (Å²) in [7, 11) is 0. The smallest absolute Gasteiger partial charge is 0.412 e. The number of nitrogen functional groups attached to an aromatic ring is 1. The minimum atomic E-state index is -0.556. The highest BCUT2D eigenvalue weighted by Crippen LogP contribution is 2.30. The van der Waals surface area contributed by atoms with Crippen LogP contribution in [0.4, 0.5) is 21.9 Å². The van der Waals surface area contributed by atoms with Crippen molar-refractivity contribution in [3.63, 3.8) is 0 Å². The Balaban J connectivity index is 1.57. The Hall–Kier alpha value is -2.46. The Bertz CT molecular complexity index is 751. The van der Waals surface area contributed by atoms with E-state index in [1.54, 1.807) is 0 Å². The molecule has 2 aliphatic rings. The number of nitrogens with two attached hydrogens (primary N) is 1. The van der Waals surface area contributed by atoms with E-state index in [1.165, 1.54) is 0 Å². The van der Waals surface area contributed by atoms with Gasteiger partial charge < -0.3 is 20.3 Å². The van der Waals surface area contributed by atoms with Crippen LogP contribution in [0, 0.1) is 17.2 Å². The van der Waals surface area contributed by atoms with Crippen LogP contribution in [0.5, 0.6) is 0 Å². The van der Waals surface area contributed by atoms with Gasteiger partial charge in [0, 0.05) is 30.7 Å². The first kappa shape index (κ1) is 21.3. The quantitative estimate of drug-likeness (QED) is 0.751. The number of nitrogens with one attached hydrogen (secondary N) is 1. The third-order valence-corrected chi connectivity index (χ3v) is 5.73. The van der Waals surface area contributed by atoms with Crippen molar-refractivity contribution in [1.29, 1.82) is 5.26 Å². The van der Waals surface area contributed by atoms with Crippen LogP contribution in [0.1, 0.15) is 46.5 Å². The summed E-state index contributed by atoms with van der Waals surface area (Å²) in [5.41, 5.74) is 7.67. The summed E-state index contributed by atoms with van der Waals surface area (Å²) in [6.45, 7) is 9.51. The van der Waals surface area contributed by atoms with E-state index >= 15 is 0 Å². The number of nitrogens with zero attached hydrogens (tertiary/aromatic N) is 3. The van der Waals surface area contributed by atoms with Gasteiger partial charge in [-0.1, -0.05) is 0 Å². The molecule has 29 heavy (non-hydrogen) atoms. The van der Waals surface area contributed by atoms with Gasteiger partial charge in [0.25, 0.3) is 0 Å². The van der Waals surface area contributed by atoms with Crippen molar-refractivity contribution in [3.8, 4) is 6.07 Å². The van der Waals surface area contributed by atoms with Crippen molar-refractivity contribution in [1.82, 2.24) is 4.90 Å². The normalized spacial score (nSPS) is 19.6. The number of amides is 1. The number of hydrogen-bond acceptors (Lipinski definition) is 6. The Morgan fingerprint density at radius 2 is 1.83 bits per heavy atom. The van der Waals surface area contributed by atoms with E-state index in [1.807, 2.05) is 39.0 Å². The Kier molecular flexibility index (Phi) is 6.53. The molecule has 7 heteroatoms. The zero-order chi connectivity index (χ0) is 21.0. The monoisotopic (exact) mass is 399 g/mol. The van der Waals surface area contributed by atoms with Crippen LogP contribution in [0.2, 0.25) is 0 Å². The van der Waals surface area contributed by atoms with Crippen molar-refractivity contribution >= 4 is 23.2 Å². The Morgan fingerprint density at radius 3 is 2.41 bits per heavy atom. The first-order valence-electron chi connectivity index (χ1n) is 10.5. The number of anilines is 3. The third kappa shape index (κ3) is 5.77. The van der Waals surface area contributed by atoms with Crippen molar-refractivity contribution in [3.05, 3.63) is 18.2 Å². The van der Waals surface area contributed by atoms with E-state index in [0.29, 0.717) is 17.4 Å². The number of benzene rings is 1. The van der Waals surface area contributed by atoms with Crippen LogP contribution in [-0.2, 0) is 4.74 Å². The topological polar surface area (TPSA) is 94.6 Å². The molecule has 0 spiro atoms. The number of hydrogen-bond donors (Lipinski definition) is 2. The van der Waals surface area contributed by atoms with Gasteiger partial charge in [0.05, 0.1) is 17.4 Å². The minimum absolute atomic E-state index is 0.233. The average Bonchev–Trinajstić information content (AvgIpc) is 2.68. The fourth-order valence-corrected chi connectivity index (χ4v) is 4.15. The molecule has 2 heterocycles. The molecule has 7 nitrogen and oxygen atoms in total. The summed E-state index contributed by atoms with van der Waals surface area (Å²) in [5.74, 6) is 0.233. The minimum Gasteiger partial charge on any atom is -0.444 e. The molecule has 1 aromatic carbocycles. The van der Waals surface area contributed by atoms with Gasteiger partial charge in [0.2, 0.25) is 0 Å². The van der Waals surface area contributed by atoms with E-state index in [4.69, 9.17) is 15.7 Å².